The molecule has 9 heteroatoms. The Morgan fingerprint density at radius 1 is 1.32 bits per heavy atom. The molecule has 0 spiro atoms. The normalized spacial score (nSPS) is 11.7. The summed E-state index contributed by atoms with van der Waals surface area (Å²) in [5, 5.41) is 18.7. The van der Waals surface area contributed by atoms with Crippen LogP contribution >= 0.6 is 0 Å². The van der Waals surface area contributed by atoms with E-state index in [2.05, 4.69) is 24.3 Å². The van der Waals surface area contributed by atoms with Crippen LogP contribution in [0.2, 0.25) is 0 Å². The van der Waals surface area contributed by atoms with Crippen molar-refractivity contribution in [1.29, 1.82) is 0 Å². The number of hydrogen-bond acceptors (Lipinski definition) is 6. The van der Waals surface area contributed by atoms with Crippen LogP contribution in [-0.2, 0) is 16.4 Å². The molecule has 1 N–H and O–H groups in total. The van der Waals surface area contributed by atoms with Crippen LogP contribution in [0.3, 0.4) is 0 Å². The van der Waals surface area contributed by atoms with Gasteiger partial charge in [-0.3, -0.25) is 14.8 Å². The monoisotopic (exact) mass is 366 g/mol. The average Bonchev–Trinajstić information content (AvgIpc) is 2.84. The van der Waals surface area contributed by atoms with Crippen LogP contribution in [-0.4, -0.2) is 29.4 Å². The third-order valence-electron chi connectivity index (χ3n) is 3.87. The molecule has 0 aliphatic carbocycles. The Morgan fingerprint density at radius 2 is 2.00 bits per heavy atom. The van der Waals surface area contributed by atoms with E-state index in [-0.39, 0.29) is 10.6 Å². The number of nitro groups is 1. The van der Waals surface area contributed by atoms with Gasteiger partial charge in [0.2, 0.25) is 0 Å². The van der Waals surface area contributed by atoms with Gasteiger partial charge in [0.25, 0.3) is 0 Å². The maximum atomic E-state index is 11.8. The van der Waals surface area contributed by atoms with Gasteiger partial charge < -0.3 is 5.32 Å². The molecule has 136 valence electrons. The molecule has 0 fully saturated rings. The topological polar surface area (TPSA) is 107 Å². The largest absolute Gasteiger partial charge is 0.347 e. The molecule has 0 aliphatic rings. The number of nitro benzene ring substituents is 1. The third-order valence-corrected chi connectivity index (χ3v) is 5.00. The first-order valence-corrected chi connectivity index (χ1v) is 9.77. The van der Waals surface area contributed by atoms with E-state index in [0.717, 1.165) is 24.9 Å². The number of rotatable bonds is 7. The van der Waals surface area contributed by atoms with Crippen molar-refractivity contribution in [3.8, 4) is 0 Å². The quantitative estimate of drug-likeness (QED) is 0.595. The molecule has 1 heterocycles. The lowest BCUT2D eigenvalue weighted by Crippen LogP contribution is -2.07. The second kappa shape index (κ2) is 7.22. The van der Waals surface area contributed by atoms with Gasteiger partial charge in [-0.2, -0.15) is 5.10 Å². The molecule has 0 bridgehead atoms. The summed E-state index contributed by atoms with van der Waals surface area (Å²) in [4.78, 5) is 10.4. The number of aryl methyl sites for hydroxylation is 1. The van der Waals surface area contributed by atoms with Gasteiger partial charge in [-0.15, -0.1) is 0 Å². The minimum Gasteiger partial charge on any atom is -0.347 e. The number of sulfone groups is 1. The van der Waals surface area contributed by atoms with E-state index >= 15 is 0 Å². The number of anilines is 2. The van der Waals surface area contributed by atoms with Crippen LogP contribution in [0, 0.1) is 23.0 Å². The van der Waals surface area contributed by atoms with Gasteiger partial charge >= 0.3 is 5.69 Å². The fourth-order valence-corrected chi connectivity index (χ4v) is 3.29. The smallest absolute Gasteiger partial charge is 0.311 e. The van der Waals surface area contributed by atoms with E-state index in [0.29, 0.717) is 11.6 Å². The Labute approximate surface area is 146 Å². The summed E-state index contributed by atoms with van der Waals surface area (Å²) >= 11 is 0. The standard InChI is InChI=1S/C16H22N4O4S/c1-11(2)8-9-19-12(3)14(10-17-19)18-13-6-5-7-15(25(4,23)24)16(13)20(21)22/h5-7,10-11,18H,8-9H2,1-4H3. The predicted octanol–water partition coefficient (Wildman–Crippen LogP) is 3.29. The van der Waals surface area contributed by atoms with Gasteiger partial charge in [0.05, 0.1) is 22.5 Å². The number of hydrogen-bond donors (Lipinski definition) is 1. The number of nitrogens with zero attached hydrogens (tertiary/aromatic N) is 3. The number of nitrogens with one attached hydrogen (secondary N) is 1. The maximum Gasteiger partial charge on any atom is 0.311 e. The van der Waals surface area contributed by atoms with Crippen LogP contribution in [0.15, 0.2) is 29.3 Å². The lowest BCUT2D eigenvalue weighted by molar-refractivity contribution is -0.386. The second-order valence-electron chi connectivity index (χ2n) is 6.36. The molecular weight excluding hydrogens is 344 g/mol. The zero-order valence-electron chi connectivity index (χ0n) is 14.7. The third kappa shape index (κ3) is 4.36. The zero-order valence-corrected chi connectivity index (χ0v) is 15.5. The van der Waals surface area contributed by atoms with E-state index in [9.17, 15) is 18.5 Å². The van der Waals surface area contributed by atoms with E-state index in [1.54, 1.807) is 6.20 Å². The number of benzene rings is 1. The van der Waals surface area contributed by atoms with Crippen molar-refractivity contribution in [2.24, 2.45) is 5.92 Å². The number of aromatic nitrogens is 2. The maximum absolute atomic E-state index is 11.8. The zero-order chi connectivity index (χ0) is 18.8. The highest BCUT2D eigenvalue weighted by Crippen LogP contribution is 2.34. The lowest BCUT2D eigenvalue weighted by Gasteiger charge is -2.10. The van der Waals surface area contributed by atoms with Gasteiger partial charge in [0.15, 0.2) is 9.84 Å². The van der Waals surface area contributed by atoms with Gasteiger partial charge in [-0.05, 0) is 31.4 Å². The first kappa shape index (κ1) is 18.9. The van der Waals surface area contributed by atoms with Crippen molar-refractivity contribution in [3.05, 3.63) is 40.2 Å². The number of para-hydroxylation sites is 1. The molecule has 2 rings (SSSR count). The fraction of sp³-hybridized carbons (Fsp3) is 0.438. The first-order valence-electron chi connectivity index (χ1n) is 7.88. The summed E-state index contributed by atoms with van der Waals surface area (Å²) < 4.78 is 25.5. The summed E-state index contributed by atoms with van der Waals surface area (Å²) in [6.07, 6.45) is 3.51. The lowest BCUT2D eigenvalue weighted by atomic mass is 10.1. The van der Waals surface area contributed by atoms with Crippen molar-refractivity contribution in [2.45, 2.75) is 38.6 Å². The molecule has 0 saturated carbocycles. The summed E-state index contributed by atoms with van der Waals surface area (Å²) in [6.45, 7) is 6.86. The first-order chi connectivity index (χ1) is 11.6. The van der Waals surface area contributed by atoms with Crippen LogP contribution in [0.5, 0.6) is 0 Å². The molecule has 1 aromatic carbocycles. The summed E-state index contributed by atoms with van der Waals surface area (Å²) in [5.41, 5.74) is 1.11. The van der Waals surface area contributed by atoms with Gasteiger partial charge in [0.1, 0.15) is 10.6 Å². The molecule has 0 radical (unpaired) electrons. The molecule has 2 aromatic rings. The summed E-state index contributed by atoms with van der Waals surface area (Å²) in [6, 6.07) is 4.19. The molecule has 8 nitrogen and oxygen atoms in total. The van der Waals surface area contributed by atoms with Crippen molar-refractivity contribution in [2.75, 3.05) is 11.6 Å². The van der Waals surface area contributed by atoms with Gasteiger partial charge in [-0.25, -0.2) is 8.42 Å². The van der Waals surface area contributed by atoms with Crippen LogP contribution in [0.1, 0.15) is 26.0 Å². The summed E-state index contributed by atoms with van der Waals surface area (Å²) in [5.74, 6) is 0.535. The SMILES string of the molecule is Cc1c(Nc2cccc(S(C)(=O)=O)c2[N+](=O)[O-])cnn1CCC(C)C. The minimum absolute atomic E-state index is 0.124. The highest BCUT2D eigenvalue weighted by molar-refractivity contribution is 7.90. The molecule has 1 aromatic heterocycles. The van der Waals surface area contributed by atoms with Crippen molar-refractivity contribution < 1.29 is 13.3 Å². The van der Waals surface area contributed by atoms with Crippen molar-refractivity contribution in [3.63, 3.8) is 0 Å². The van der Waals surface area contributed by atoms with E-state index in [1.807, 2.05) is 11.6 Å². The highest BCUT2D eigenvalue weighted by Gasteiger charge is 2.26. The average molecular weight is 366 g/mol. The van der Waals surface area contributed by atoms with Gasteiger partial charge in [0, 0.05) is 12.8 Å². The molecule has 0 saturated heterocycles. The summed E-state index contributed by atoms with van der Waals surface area (Å²) in [7, 11) is -3.72. The Balaban J connectivity index is 2.40. The van der Waals surface area contributed by atoms with Gasteiger partial charge in [-0.1, -0.05) is 19.9 Å². The molecule has 0 atom stereocenters. The Bertz CT molecular complexity index is 888. The molecule has 25 heavy (non-hydrogen) atoms. The highest BCUT2D eigenvalue weighted by atomic mass is 32.2. The van der Waals surface area contributed by atoms with Crippen molar-refractivity contribution >= 4 is 26.9 Å². The molecule has 0 aliphatic heterocycles. The molecular formula is C16H22N4O4S. The fourth-order valence-electron chi connectivity index (χ4n) is 2.43. The van der Waals surface area contributed by atoms with E-state index < -0.39 is 20.4 Å². The van der Waals surface area contributed by atoms with Crippen molar-refractivity contribution in [1.82, 2.24) is 9.78 Å². The molecule has 0 unspecified atom stereocenters. The van der Waals surface area contributed by atoms with Crippen LogP contribution < -0.4 is 5.32 Å². The van der Waals surface area contributed by atoms with Crippen LogP contribution in [0.4, 0.5) is 17.1 Å². The minimum atomic E-state index is -3.72. The Hall–Kier alpha value is -2.42. The predicted molar refractivity (Wildman–Crippen MR) is 95.9 cm³/mol. The molecule has 0 amide bonds. The van der Waals surface area contributed by atoms with E-state index in [4.69, 9.17) is 0 Å². The Morgan fingerprint density at radius 3 is 2.56 bits per heavy atom. The van der Waals surface area contributed by atoms with E-state index in [1.165, 1.54) is 18.2 Å². The second-order valence-corrected chi connectivity index (χ2v) is 8.34. The Kier molecular flexibility index (Phi) is 5.46. The van der Waals surface area contributed by atoms with Crippen LogP contribution in [0.25, 0.3) is 0 Å².